The van der Waals surface area contributed by atoms with Crippen LogP contribution in [0.2, 0.25) is 0 Å². The molecule has 0 heterocycles. The molecule has 0 spiro atoms. The normalized spacial score (nSPS) is 11.8. The highest BCUT2D eigenvalue weighted by Crippen LogP contribution is 2.33. The summed E-state index contributed by atoms with van der Waals surface area (Å²) in [5.74, 6) is 0. The summed E-state index contributed by atoms with van der Waals surface area (Å²) < 4.78 is 0. The van der Waals surface area contributed by atoms with Crippen LogP contribution in [0.4, 0.5) is 0 Å². The van der Waals surface area contributed by atoms with E-state index < -0.39 is 6.04 Å². The molecule has 0 saturated heterocycles. The number of hydrogen-bond acceptors (Lipinski definition) is 2. The maximum atomic E-state index is 8.35. The van der Waals surface area contributed by atoms with Gasteiger partial charge in [0.2, 0.25) is 0 Å². The van der Waals surface area contributed by atoms with E-state index in [-0.39, 0.29) is 6.35 Å². The van der Waals surface area contributed by atoms with Gasteiger partial charge in [0.25, 0.3) is 0 Å². The van der Waals surface area contributed by atoms with Crippen molar-refractivity contribution in [3.05, 3.63) is 0 Å². The van der Waals surface area contributed by atoms with Crippen molar-refractivity contribution in [2.45, 2.75) is 0 Å². The minimum absolute atomic E-state index is 0.197. The molecular formula is C3H9OPS. The van der Waals surface area contributed by atoms with Gasteiger partial charge in [-0.05, 0) is 19.4 Å². The Balaban J connectivity index is 3.48. The molecule has 0 aromatic heterocycles. The van der Waals surface area contributed by atoms with Crippen molar-refractivity contribution >= 4 is 17.8 Å². The standard InChI is InChI=1S/C3H9OPS/c1-5(2,6)3-4/h4H,3H2,1-2H3. The van der Waals surface area contributed by atoms with Gasteiger partial charge in [-0.25, -0.2) is 0 Å². The summed E-state index contributed by atoms with van der Waals surface area (Å²) in [5.41, 5.74) is 0. The highest BCUT2D eigenvalue weighted by atomic mass is 32.4. The molecule has 6 heavy (non-hydrogen) atoms. The molecule has 38 valence electrons. The van der Waals surface area contributed by atoms with Gasteiger partial charge in [0.05, 0.1) is 6.35 Å². The van der Waals surface area contributed by atoms with Gasteiger partial charge in [0, 0.05) is 0 Å². The lowest BCUT2D eigenvalue weighted by Crippen LogP contribution is -1.78. The number of rotatable bonds is 1. The summed E-state index contributed by atoms with van der Waals surface area (Å²) >= 11 is 4.85. The average molecular weight is 124 g/mol. The molecule has 0 unspecified atom stereocenters. The summed E-state index contributed by atoms with van der Waals surface area (Å²) in [6.07, 6.45) is 0.197. The van der Waals surface area contributed by atoms with Gasteiger partial charge in [-0.2, -0.15) is 0 Å². The van der Waals surface area contributed by atoms with E-state index in [1.807, 2.05) is 13.3 Å². The summed E-state index contributed by atoms with van der Waals surface area (Å²) in [4.78, 5) is 0. The third-order valence-electron chi connectivity index (χ3n) is 0.341. The van der Waals surface area contributed by atoms with Crippen molar-refractivity contribution in [2.75, 3.05) is 19.7 Å². The lowest BCUT2D eigenvalue weighted by molar-refractivity contribution is 0.370. The number of aliphatic hydroxyl groups is 1. The van der Waals surface area contributed by atoms with Crippen LogP contribution in [-0.4, -0.2) is 24.8 Å². The third-order valence-corrected chi connectivity index (χ3v) is 1.37. The first-order valence-corrected chi connectivity index (χ1v) is 5.59. The van der Waals surface area contributed by atoms with Gasteiger partial charge < -0.3 is 5.11 Å². The van der Waals surface area contributed by atoms with Crippen molar-refractivity contribution in [1.82, 2.24) is 0 Å². The minimum Gasteiger partial charge on any atom is -0.391 e. The predicted molar refractivity (Wildman–Crippen MR) is 33.2 cm³/mol. The van der Waals surface area contributed by atoms with Gasteiger partial charge in [0.1, 0.15) is 0 Å². The Morgan fingerprint density at radius 3 is 1.83 bits per heavy atom. The van der Waals surface area contributed by atoms with Crippen molar-refractivity contribution in [2.24, 2.45) is 0 Å². The van der Waals surface area contributed by atoms with Crippen LogP contribution in [0.3, 0.4) is 0 Å². The topological polar surface area (TPSA) is 20.2 Å². The molecule has 0 saturated carbocycles. The van der Waals surface area contributed by atoms with E-state index in [2.05, 4.69) is 0 Å². The average Bonchev–Trinajstić information content (AvgIpc) is 1.35. The molecule has 0 aliphatic heterocycles. The molecule has 0 atom stereocenters. The van der Waals surface area contributed by atoms with Gasteiger partial charge >= 0.3 is 0 Å². The molecule has 0 aromatic rings. The quantitative estimate of drug-likeness (QED) is 0.518. The fraction of sp³-hybridized carbons (Fsp3) is 1.00. The molecule has 0 rings (SSSR count). The zero-order valence-corrected chi connectivity index (χ0v) is 5.72. The molecule has 0 aliphatic rings. The summed E-state index contributed by atoms with van der Waals surface area (Å²) in [5, 5.41) is 8.35. The molecule has 0 aliphatic carbocycles. The second-order valence-corrected chi connectivity index (χ2v) is 8.11. The summed E-state index contributed by atoms with van der Waals surface area (Å²) in [6, 6.07) is -1.26. The predicted octanol–water partition coefficient (Wildman–Crippen LogP) is 0.675. The first kappa shape index (κ1) is 6.61. The van der Waals surface area contributed by atoms with E-state index in [1.165, 1.54) is 0 Å². The molecule has 1 nitrogen and oxygen atoms in total. The molecule has 1 N–H and O–H groups in total. The number of hydrogen-bond donors (Lipinski definition) is 1. The second-order valence-electron chi connectivity index (χ2n) is 1.72. The van der Waals surface area contributed by atoms with Gasteiger partial charge in [0.15, 0.2) is 0 Å². The van der Waals surface area contributed by atoms with Crippen LogP contribution in [0.15, 0.2) is 0 Å². The summed E-state index contributed by atoms with van der Waals surface area (Å²) in [6.45, 7) is 3.84. The first-order valence-electron chi connectivity index (χ1n) is 1.71. The van der Waals surface area contributed by atoms with Crippen LogP contribution in [-0.2, 0) is 11.8 Å². The van der Waals surface area contributed by atoms with Crippen LogP contribution < -0.4 is 0 Å². The van der Waals surface area contributed by atoms with Gasteiger partial charge in [-0.3, -0.25) is 0 Å². The number of aliphatic hydroxyl groups excluding tert-OH is 1. The Labute approximate surface area is 43.4 Å². The fourth-order valence-corrected chi connectivity index (χ4v) is 0. The van der Waals surface area contributed by atoms with E-state index in [9.17, 15) is 0 Å². The van der Waals surface area contributed by atoms with Crippen LogP contribution >= 0.6 is 6.04 Å². The maximum absolute atomic E-state index is 8.35. The molecule has 0 bridgehead atoms. The Bertz CT molecular complexity index is 74.9. The second kappa shape index (κ2) is 2.06. The van der Waals surface area contributed by atoms with Crippen molar-refractivity contribution < 1.29 is 5.11 Å². The van der Waals surface area contributed by atoms with Gasteiger partial charge in [-0.1, -0.05) is 11.8 Å². The molecule has 0 amide bonds. The zero-order valence-electron chi connectivity index (χ0n) is 4.01. The largest absolute Gasteiger partial charge is 0.391 e. The third kappa shape index (κ3) is 4.61. The van der Waals surface area contributed by atoms with E-state index >= 15 is 0 Å². The van der Waals surface area contributed by atoms with Crippen LogP contribution in [0.25, 0.3) is 0 Å². The maximum Gasteiger partial charge on any atom is 0.0712 e. The minimum atomic E-state index is -1.26. The molecule has 0 fully saturated rings. The lowest BCUT2D eigenvalue weighted by Gasteiger charge is -2.00. The molecule has 3 heteroatoms. The molecule has 0 radical (unpaired) electrons. The highest BCUT2D eigenvalue weighted by molar-refractivity contribution is 8.13. The van der Waals surface area contributed by atoms with Crippen LogP contribution in [0, 0.1) is 0 Å². The Hall–Kier alpha value is 0.610. The molecule has 0 aromatic carbocycles. The Morgan fingerprint density at radius 1 is 1.67 bits per heavy atom. The van der Waals surface area contributed by atoms with E-state index in [0.29, 0.717) is 0 Å². The highest BCUT2D eigenvalue weighted by Gasteiger charge is 1.94. The molecular weight excluding hydrogens is 115 g/mol. The van der Waals surface area contributed by atoms with Crippen LogP contribution in [0.5, 0.6) is 0 Å². The van der Waals surface area contributed by atoms with E-state index in [4.69, 9.17) is 16.9 Å². The van der Waals surface area contributed by atoms with Crippen molar-refractivity contribution in [3.63, 3.8) is 0 Å². The SMILES string of the molecule is CP(C)(=S)CO. The van der Waals surface area contributed by atoms with Crippen molar-refractivity contribution in [3.8, 4) is 0 Å². The lowest BCUT2D eigenvalue weighted by atomic mass is 11.7. The monoisotopic (exact) mass is 124 g/mol. The van der Waals surface area contributed by atoms with Crippen LogP contribution in [0.1, 0.15) is 0 Å². The van der Waals surface area contributed by atoms with E-state index in [0.717, 1.165) is 0 Å². The first-order chi connectivity index (χ1) is 2.56. The Morgan fingerprint density at radius 2 is 1.83 bits per heavy atom. The van der Waals surface area contributed by atoms with Crippen molar-refractivity contribution in [1.29, 1.82) is 0 Å². The van der Waals surface area contributed by atoms with Gasteiger partial charge in [-0.15, -0.1) is 0 Å². The fourth-order valence-electron chi connectivity index (χ4n) is 0. The zero-order chi connectivity index (χ0) is 5.21. The summed E-state index contributed by atoms with van der Waals surface area (Å²) in [7, 11) is 0. The smallest absolute Gasteiger partial charge is 0.0712 e. The Kier molecular flexibility index (Phi) is 2.27. The van der Waals surface area contributed by atoms with E-state index in [1.54, 1.807) is 0 Å².